The zero-order valence-corrected chi connectivity index (χ0v) is 28.3. The van der Waals surface area contributed by atoms with E-state index in [-0.39, 0.29) is 0 Å². The van der Waals surface area contributed by atoms with Gasteiger partial charge >= 0.3 is 0 Å². The molecule has 0 amide bonds. The molecule has 0 aromatic heterocycles. The standard InChI is InChI=1S/C49H38N2/c1-7-19-39(20-8-1)49(40-21-9-2-10-22-40,41-31-35-47(36-32-41)50(43-23-11-3-12-24-43)44-25-13-4-14-26-44)42-33-37-48(38-34-42)51(45-27-15-5-16-28-45)46-29-17-6-18-30-46/h1-38H. The van der Waals surface area contributed by atoms with E-state index >= 15 is 0 Å². The largest absolute Gasteiger partial charge is 0.311 e. The molecule has 0 bridgehead atoms. The summed E-state index contributed by atoms with van der Waals surface area (Å²) in [6, 6.07) is 82.4. The number of benzene rings is 8. The lowest BCUT2D eigenvalue weighted by Gasteiger charge is -2.37. The molecule has 2 heteroatoms. The molecular weight excluding hydrogens is 617 g/mol. The van der Waals surface area contributed by atoms with Gasteiger partial charge in [0.2, 0.25) is 0 Å². The second-order valence-electron chi connectivity index (χ2n) is 12.6. The van der Waals surface area contributed by atoms with Crippen LogP contribution in [0.1, 0.15) is 22.3 Å². The molecule has 0 spiro atoms. The molecule has 8 aromatic rings. The summed E-state index contributed by atoms with van der Waals surface area (Å²) in [5.74, 6) is 0. The van der Waals surface area contributed by atoms with Crippen LogP contribution in [0.2, 0.25) is 0 Å². The predicted octanol–water partition coefficient (Wildman–Crippen LogP) is 13.0. The molecule has 0 radical (unpaired) electrons. The third kappa shape index (κ3) is 6.20. The van der Waals surface area contributed by atoms with Crippen molar-refractivity contribution in [1.29, 1.82) is 0 Å². The molecule has 8 aromatic carbocycles. The molecule has 0 aliphatic heterocycles. The highest BCUT2D eigenvalue weighted by Crippen LogP contribution is 2.47. The molecule has 51 heavy (non-hydrogen) atoms. The smallest absolute Gasteiger partial charge is 0.0701 e. The summed E-state index contributed by atoms with van der Waals surface area (Å²) >= 11 is 0. The molecular formula is C49H38N2. The van der Waals surface area contributed by atoms with E-state index in [1.807, 2.05) is 0 Å². The van der Waals surface area contributed by atoms with Gasteiger partial charge in [-0.05, 0) is 95.1 Å². The van der Waals surface area contributed by atoms with Gasteiger partial charge in [0, 0.05) is 34.1 Å². The van der Waals surface area contributed by atoms with Crippen molar-refractivity contribution in [2.75, 3.05) is 9.80 Å². The Morgan fingerprint density at radius 3 is 0.647 bits per heavy atom. The van der Waals surface area contributed by atoms with Crippen LogP contribution in [0.5, 0.6) is 0 Å². The number of para-hydroxylation sites is 4. The average molecular weight is 655 g/mol. The van der Waals surface area contributed by atoms with Crippen molar-refractivity contribution in [2.24, 2.45) is 0 Å². The van der Waals surface area contributed by atoms with Crippen LogP contribution in [0, 0.1) is 0 Å². The van der Waals surface area contributed by atoms with Gasteiger partial charge in [-0.1, -0.05) is 158 Å². The predicted molar refractivity (Wildman–Crippen MR) is 214 cm³/mol. The Balaban J connectivity index is 1.30. The van der Waals surface area contributed by atoms with E-state index < -0.39 is 5.41 Å². The van der Waals surface area contributed by atoms with E-state index in [2.05, 4.69) is 240 Å². The van der Waals surface area contributed by atoms with Gasteiger partial charge in [-0.3, -0.25) is 0 Å². The molecule has 0 fully saturated rings. The SMILES string of the molecule is c1ccc(N(c2ccccc2)c2ccc(C(c3ccccc3)(c3ccccc3)c3ccc(N(c4ccccc4)c4ccccc4)cc3)cc2)cc1. The Morgan fingerprint density at radius 2 is 0.392 bits per heavy atom. The van der Waals surface area contributed by atoms with E-state index in [1.165, 1.54) is 22.3 Å². The van der Waals surface area contributed by atoms with E-state index in [4.69, 9.17) is 0 Å². The molecule has 8 rings (SSSR count). The molecule has 0 heterocycles. The minimum atomic E-state index is -0.575. The Labute approximate surface area is 301 Å². The minimum absolute atomic E-state index is 0.575. The Morgan fingerprint density at radius 1 is 0.196 bits per heavy atom. The highest BCUT2D eigenvalue weighted by atomic mass is 15.1. The first-order valence-corrected chi connectivity index (χ1v) is 17.4. The van der Waals surface area contributed by atoms with Gasteiger partial charge in [-0.15, -0.1) is 0 Å². The molecule has 244 valence electrons. The first-order valence-electron chi connectivity index (χ1n) is 17.4. The number of anilines is 6. The van der Waals surface area contributed by atoms with E-state index in [0.717, 1.165) is 34.1 Å². The highest BCUT2D eigenvalue weighted by molar-refractivity contribution is 5.78. The zero-order valence-electron chi connectivity index (χ0n) is 28.3. The van der Waals surface area contributed by atoms with Gasteiger partial charge in [0.1, 0.15) is 0 Å². The first kappa shape index (κ1) is 31.6. The second-order valence-corrected chi connectivity index (χ2v) is 12.6. The molecule has 0 saturated carbocycles. The topological polar surface area (TPSA) is 6.48 Å². The molecule has 0 N–H and O–H groups in total. The molecule has 0 unspecified atom stereocenters. The van der Waals surface area contributed by atoms with Crippen LogP contribution in [0.3, 0.4) is 0 Å². The van der Waals surface area contributed by atoms with Crippen molar-refractivity contribution in [3.63, 3.8) is 0 Å². The van der Waals surface area contributed by atoms with Crippen molar-refractivity contribution in [3.8, 4) is 0 Å². The Bertz CT molecular complexity index is 2010. The van der Waals surface area contributed by atoms with Gasteiger partial charge in [0.25, 0.3) is 0 Å². The van der Waals surface area contributed by atoms with Crippen LogP contribution in [0.25, 0.3) is 0 Å². The van der Waals surface area contributed by atoms with E-state index in [9.17, 15) is 0 Å². The Kier molecular flexibility index (Phi) is 8.96. The average Bonchev–Trinajstić information content (AvgIpc) is 3.22. The fourth-order valence-corrected chi connectivity index (χ4v) is 7.30. The molecule has 0 aliphatic carbocycles. The van der Waals surface area contributed by atoms with E-state index in [1.54, 1.807) is 0 Å². The van der Waals surface area contributed by atoms with Crippen molar-refractivity contribution in [3.05, 3.63) is 253 Å². The monoisotopic (exact) mass is 654 g/mol. The van der Waals surface area contributed by atoms with Crippen LogP contribution in [0.15, 0.2) is 231 Å². The molecule has 2 nitrogen and oxygen atoms in total. The lowest BCUT2D eigenvalue weighted by molar-refractivity contribution is 0.745. The maximum atomic E-state index is 2.31. The summed E-state index contributed by atoms with van der Waals surface area (Å²) in [6.07, 6.45) is 0. The van der Waals surface area contributed by atoms with Crippen LogP contribution < -0.4 is 9.80 Å². The Hall–Kier alpha value is -6.64. The quantitative estimate of drug-likeness (QED) is 0.135. The third-order valence-corrected chi connectivity index (χ3v) is 9.59. The fourth-order valence-electron chi connectivity index (χ4n) is 7.30. The third-order valence-electron chi connectivity index (χ3n) is 9.59. The highest BCUT2D eigenvalue weighted by Gasteiger charge is 2.38. The minimum Gasteiger partial charge on any atom is -0.311 e. The van der Waals surface area contributed by atoms with Crippen molar-refractivity contribution < 1.29 is 0 Å². The number of hydrogen-bond donors (Lipinski definition) is 0. The van der Waals surface area contributed by atoms with Gasteiger partial charge in [0.05, 0.1) is 5.41 Å². The lowest BCUT2D eigenvalue weighted by atomic mass is 9.65. The summed E-state index contributed by atoms with van der Waals surface area (Å²) in [7, 11) is 0. The zero-order chi connectivity index (χ0) is 34.3. The summed E-state index contributed by atoms with van der Waals surface area (Å²) in [5, 5.41) is 0. The maximum Gasteiger partial charge on any atom is 0.0701 e. The van der Waals surface area contributed by atoms with Gasteiger partial charge in [0.15, 0.2) is 0 Å². The maximum absolute atomic E-state index is 2.31. The van der Waals surface area contributed by atoms with Gasteiger partial charge in [-0.2, -0.15) is 0 Å². The van der Waals surface area contributed by atoms with Crippen LogP contribution in [0.4, 0.5) is 34.1 Å². The van der Waals surface area contributed by atoms with Crippen molar-refractivity contribution in [2.45, 2.75) is 5.41 Å². The van der Waals surface area contributed by atoms with Crippen LogP contribution >= 0.6 is 0 Å². The van der Waals surface area contributed by atoms with Crippen LogP contribution in [-0.4, -0.2) is 0 Å². The van der Waals surface area contributed by atoms with Crippen molar-refractivity contribution in [1.82, 2.24) is 0 Å². The summed E-state index contributed by atoms with van der Waals surface area (Å²) < 4.78 is 0. The number of hydrogen-bond acceptors (Lipinski definition) is 2. The second kappa shape index (κ2) is 14.5. The normalized spacial score (nSPS) is 11.1. The molecule has 0 atom stereocenters. The lowest BCUT2D eigenvalue weighted by Crippen LogP contribution is -2.31. The molecule has 0 saturated heterocycles. The number of rotatable bonds is 10. The summed E-state index contributed by atoms with van der Waals surface area (Å²) in [4.78, 5) is 4.63. The number of nitrogens with zero attached hydrogens (tertiary/aromatic N) is 2. The first-order chi connectivity index (χ1) is 25.3. The van der Waals surface area contributed by atoms with Gasteiger partial charge in [-0.25, -0.2) is 0 Å². The van der Waals surface area contributed by atoms with Crippen LogP contribution in [-0.2, 0) is 5.41 Å². The van der Waals surface area contributed by atoms with Crippen molar-refractivity contribution >= 4 is 34.1 Å². The van der Waals surface area contributed by atoms with Gasteiger partial charge < -0.3 is 9.80 Å². The fraction of sp³-hybridized carbons (Fsp3) is 0.0204. The van der Waals surface area contributed by atoms with E-state index in [0.29, 0.717) is 0 Å². The summed E-state index contributed by atoms with van der Waals surface area (Å²) in [6.45, 7) is 0. The summed E-state index contributed by atoms with van der Waals surface area (Å²) in [5.41, 5.74) is 10.9. The molecule has 0 aliphatic rings.